The predicted molar refractivity (Wildman–Crippen MR) is 111 cm³/mol. The summed E-state index contributed by atoms with van der Waals surface area (Å²) in [6.45, 7) is 4.00. The van der Waals surface area contributed by atoms with Crippen LogP contribution in [-0.4, -0.2) is 58.0 Å². The number of rotatable bonds is 4. The molecule has 2 amide bonds. The number of hydrogen-bond acceptors (Lipinski definition) is 3. The molecule has 3 heterocycles. The van der Waals surface area contributed by atoms with Gasteiger partial charge in [0.25, 0.3) is 0 Å². The van der Waals surface area contributed by atoms with Gasteiger partial charge in [0.1, 0.15) is 5.82 Å². The van der Waals surface area contributed by atoms with E-state index in [0.717, 1.165) is 25.1 Å². The summed E-state index contributed by atoms with van der Waals surface area (Å²) in [6, 6.07) is 8.68. The van der Waals surface area contributed by atoms with Crippen molar-refractivity contribution in [1.82, 2.24) is 20.0 Å². The molecular formula is C23H29FN4O2. The first-order chi connectivity index (χ1) is 14.5. The molecule has 2 fully saturated rings. The van der Waals surface area contributed by atoms with Gasteiger partial charge in [-0.2, -0.15) is 5.10 Å². The van der Waals surface area contributed by atoms with Gasteiger partial charge >= 0.3 is 0 Å². The molecule has 1 aromatic heterocycles. The number of carbonyl (C=O) groups excluding carboxylic acids is 2. The van der Waals surface area contributed by atoms with Crippen molar-refractivity contribution < 1.29 is 14.0 Å². The van der Waals surface area contributed by atoms with E-state index in [1.54, 1.807) is 30.2 Å². The topological polar surface area (TPSA) is 69.3 Å². The zero-order valence-electron chi connectivity index (χ0n) is 17.4. The van der Waals surface area contributed by atoms with E-state index in [9.17, 15) is 14.0 Å². The highest BCUT2D eigenvalue weighted by molar-refractivity contribution is 5.84. The number of aromatic nitrogens is 2. The van der Waals surface area contributed by atoms with Gasteiger partial charge in [-0.25, -0.2) is 4.39 Å². The Balaban J connectivity index is 1.58. The summed E-state index contributed by atoms with van der Waals surface area (Å²) < 4.78 is 14.5. The maximum Gasteiger partial charge on any atom is 0.229 e. The number of carbonyl (C=O) groups is 2. The van der Waals surface area contributed by atoms with Crippen molar-refractivity contribution in [2.45, 2.75) is 44.9 Å². The van der Waals surface area contributed by atoms with Crippen molar-refractivity contribution in [2.75, 3.05) is 26.2 Å². The van der Waals surface area contributed by atoms with Crippen LogP contribution in [0.3, 0.4) is 0 Å². The van der Waals surface area contributed by atoms with Gasteiger partial charge < -0.3 is 9.80 Å². The Kier molecular flexibility index (Phi) is 5.88. The van der Waals surface area contributed by atoms with E-state index in [4.69, 9.17) is 0 Å². The molecule has 0 unspecified atom stereocenters. The van der Waals surface area contributed by atoms with E-state index in [-0.39, 0.29) is 23.5 Å². The van der Waals surface area contributed by atoms with Crippen LogP contribution in [0.1, 0.15) is 49.8 Å². The fraction of sp³-hybridized carbons (Fsp3) is 0.522. The maximum absolute atomic E-state index is 14.5. The molecule has 0 aliphatic carbocycles. The van der Waals surface area contributed by atoms with Gasteiger partial charge in [0.15, 0.2) is 0 Å². The van der Waals surface area contributed by atoms with Gasteiger partial charge in [-0.3, -0.25) is 14.7 Å². The lowest BCUT2D eigenvalue weighted by atomic mass is 9.72. The molecule has 2 aliphatic heterocycles. The summed E-state index contributed by atoms with van der Waals surface area (Å²) in [7, 11) is 0. The molecule has 2 aliphatic rings. The van der Waals surface area contributed by atoms with Gasteiger partial charge in [0.2, 0.25) is 11.8 Å². The molecule has 4 rings (SSSR count). The molecule has 6 nitrogen and oxygen atoms in total. The van der Waals surface area contributed by atoms with Crippen LogP contribution in [0.2, 0.25) is 0 Å². The number of piperidine rings is 2. The smallest absolute Gasteiger partial charge is 0.229 e. The second-order valence-electron chi connectivity index (χ2n) is 8.66. The van der Waals surface area contributed by atoms with Crippen molar-refractivity contribution in [3.8, 4) is 0 Å². The second-order valence-corrected chi connectivity index (χ2v) is 8.66. The average Bonchev–Trinajstić information content (AvgIpc) is 3.30. The minimum atomic E-state index is -0.677. The van der Waals surface area contributed by atoms with E-state index in [0.29, 0.717) is 44.5 Å². The number of nitrogens with one attached hydrogen (secondary N) is 1. The van der Waals surface area contributed by atoms with Crippen LogP contribution in [-0.2, 0) is 16.0 Å². The van der Waals surface area contributed by atoms with Gasteiger partial charge in [-0.05, 0) is 49.8 Å². The summed E-state index contributed by atoms with van der Waals surface area (Å²) in [5, 5.41) is 7.09. The van der Waals surface area contributed by atoms with E-state index in [2.05, 4.69) is 10.2 Å². The summed E-state index contributed by atoms with van der Waals surface area (Å²) in [5.74, 6) is 0.0954. The average molecular weight is 413 g/mol. The minimum Gasteiger partial charge on any atom is -0.343 e. The number of hydrogen-bond donors (Lipinski definition) is 1. The van der Waals surface area contributed by atoms with E-state index in [1.165, 1.54) is 6.07 Å². The van der Waals surface area contributed by atoms with Crippen molar-refractivity contribution >= 4 is 11.8 Å². The molecule has 2 aromatic rings. The maximum atomic E-state index is 14.5. The van der Waals surface area contributed by atoms with Gasteiger partial charge in [-0.1, -0.05) is 18.2 Å². The van der Waals surface area contributed by atoms with Crippen molar-refractivity contribution in [3.63, 3.8) is 0 Å². The van der Waals surface area contributed by atoms with Crippen LogP contribution < -0.4 is 0 Å². The van der Waals surface area contributed by atoms with Gasteiger partial charge in [-0.15, -0.1) is 0 Å². The van der Waals surface area contributed by atoms with E-state index in [1.807, 2.05) is 17.0 Å². The zero-order chi connectivity index (χ0) is 21.1. The Morgan fingerprint density at radius 2 is 1.93 bits per heavy atom. The number of amides is 2. The third kappa shape index (κ3) is 4.11. The number of nitrogens with zero attached hydrogens (tertiary/aromatic N) is 3. The zero-order valence-corrected chi connectivity index (χ0v) is 17.4. The van der Waals surface area contributed by atoms with E-state index >= 15 is 0 Å². The van der Waals surface area contributed by atoms with Crippen LogP contribution in [0.5, 0.6) is 0 Å². The highest BCUT2D eigenvalue weighted by atomic mass is 19.1. The Morgan fingerprint density at radius 3 is 2.60 bits per heavy atom. The van der Waals surface area contributed by atoms with Crippen LogP contribution in [0.25, 0.3) is 0 Å². The lowest BCUT2D eigenvalue weighted by molar-refractivity contribution is -0.149. The van der Waals surface area contributed by atoms with E-state index < -0.39 is 5.41 Å². The van der Waals surface area contributed by atoms with Crippen molar-refractivity contribution in [1.29, 1.82) is 0 Å². The normalized spacial score (nSPS) is 21.5. The molecule has 0 bridgehead atoms. The summed E-state index contributed by atoms with van der Waals surface area (Å²) in [5.41, 5.74) is 0.954. The molecule has 1 atom stereocenters. The summed E-state index contributed by atoms with van der Waals surface area (Å²) >= 11 is 0. The van der Waals surface area contributed by atoms with Crippen LogP contribution in [0.4, 0.5) is 4.39 Å². The molecular weight excluding hydrogens is 383 g/mol. The number of aromatic amines is 1. The third-order valence-corrected chi connectivity index (χ3v) is 6.78. The fourth-order valence-electron chi connectivity index (χ4n) is 4.97. The first-order valence-electron chi connectivity index (χ1n) is 10.8. The fourth-order valence-corrected chi connectivity index (χ4v) is 4.97. The number of halogens is 1. The highest BCUT2D eigenvalue weighted by Crippen LogP contribution is 2.39. The molecule has 30 heavy (non-hydrogen) atoms. The first-order valence-corrected chi connectivity index (χ1v) is 10.8. The molecule has 7 heteroatoms. The lowest BCUT2D eigenvalue weighted by Gasteiger charge is -2.45. The lowest BCUT2D eigenvalue weighted by Crippen LogP contribution is -2.53. The molecule has 0 radical (unpaired) electrons. The van der Waals surface area contributed by atoms with Crippen LogP contribution in [0.15, 0.2) is 36.5 Å². The quantitative estimate of drug-likeness (QED) is 0.839. The summed E-state index contributed by atoms with van der Waals surface area (Å²) in [6.07, 6.45) is 5.19. The van der Waals surface area contributed by atoms with Crippen LogP contribution in [0, 0.1) is 11.2 Å². The molecule has 2 saturated heterocycles. The Labute approximate surface area is 176 Å². The number of benzene rings is 1. The Bertz CT molecular complexity index is 890. The minimum absolute atomic E-state index is 0.0271. The number of likely N-dealkylation sites (tertiary alicyclic amines) is 2. The second kappa shape index (κ2) is 8.58. The SMILES string of the molecule is CC(=O)N1CCC(Cc2ccccc2F)(C(=O)N2CCC[C@H](c3ccn[nH]3)C2)CC1. The first kappa shape index (κ1) is 20.6. The van der Waals surface area contributed by atoms with Crippen molar-refractivity contribution in [3.05, 3.63) is 53.6 Å². The van der Waals surface area contributed by atoms with Crippen LogP contribution >= 0.6 is 0 Å². The molecule has 160 valence electrons. The molecule has 1 aromatic carbocycles. The molecule has 0 saturated carbocycles. The highest BCUT2D eigenvalue weighted by Gasteiger charge is 2.45. The third-order valence-electron chi connectivity index (χ3n) is 6.78. The van der Waals surface area contributed by atoms with Gasteiger partial charge in [0.05, 0.1) is 5.41 Å². The Morgan fingerprint density at radius 1 is 1.17 bits per heavy atom. The number of H-pyrrole nitrogens is 1. The largest absolute Gasteiger partial charge is 0.343 e. The monoisotopic (exact) mass is 412 g/mol. The molecule has 1 N–H and O–H groups in total. The summed E-state index contributed by atoms with van der Waals surface area (Å²) in [4.78, 5) is 29.4. The van der Waals surface area contributed by atoms with Gasteiger partial charge in [0, 0.05) is 50.9 Å². The van der Waals surface area contributed by atoms with Crippen molar-refractivity contribution in [2.24, 2.45) is 5.41 Å². The predicted octanol–water partition coefficient (Wildman–Crippen LogP) is 3.13. The molecule has 0 spiro atoms. The Hall–Kier alpha value is -2.70. The standard InChI is InChI=1S/C23H29FN4O2/c1-17(29)27-13-9-23(10-14-27,15-18-5-2-3-7-20(18)24)22(30)28-12-4-6-19(16-28)21-8-11-25-26-21/h2-3,5,7-8,11,19H,4,6,9-10,12-16H2,1H3,(H,25,26)/t19-/m0/s1.